The lowest BCUT2D eigenvalue weighted by molar-refractivity contribution is -0.138. The molecule has 0 spiro atoms. The summed E-state index contributed by atoms with van der Waals surface area (Å²) < 4.78 is 8.08. The number of rotatable bonds is 10. The highest BCUT2D eigenvalue weighted by Crippen LogP contribution is 2.23. The molecule has 1 aromatic heterocycles. The van der Waals surface area contributed by atoms with E-state index in [4.69, 9.17) is 9.84 Å². The lowest BCUT2D eigenvalue weighted by Gasteiger charge is -2.18. The molecule has 0 aliphatic heterocycles. The van der Waals surface area contributed by atoms with Crippen molar-refractivity contribution in [2.24, 2.45) is 0 Å². The molecule has 1 N–H and O–H groups in total. The van der Waals surface area contributed by atoms with Crippen LogP contribution < -0.4 is 4.74 Å². The van der Waals surface area contributed by atoms with Crippen LogP contribution in [0.3, 0.4) is 0 Å². The van der Waals surface area contributed by atoms with Crippen LogP contribution in [0.15, 0.2) is 79.1 Å². The van der Waals surface area contributed by atoms with Crippen molar-refractivity contribution in [1.29, 1.82) is 0 Å². The molecule has 4 aromatic rings. The summed E-state index contributed by atoms with van der Waals surface area (Å²) in [7, 11) is 1.80. The van der Waals surface area contributed by atoms with Crippen LogP contribution in [-0.4, -0.2) is 46.0 Å². The van der Waals surface area contributed by atoms with Gasteiger partial charge in [-0.05, 0) is 41.1 Å². The molecule has 6 nitrogen and oxygen atoms in total. The van der Waals surface area contributed by atoms with Gasteiger partial charge in [0.2, 0.25) is 0 Å². The Kier molecular flexibility index (Phi) is 6.82. The zero-order valence-corrected chi connectivity index (χ0v) is 18.1. The van der Waals surface area contributed by atoms with Crippen molar-refractivity contribution in [2.75, 3.05) is 20.2 Å². The zero-order valence-electron chi connectivity index (χ0n) is 18.1. The molecular weight excluding hydrogens is 402 g/mol. The first-order valence-corrected chi connectivity index (χ1v) is 10.7. The van der Waals surface area contributed by atoms with Crippen LogP contribution in [0.4, 0.5) is 0 Å². The van der Waals surface area contributed by atoms with E-state index in [1.54, 1.807) is 18.1 Å². The molecule has 0 aliphatic carbocycles. The Morgan fingerprint density at radius 2 is 1.84 bits per heavy atom. The molecule has 0 unspecified atom stereocenters. The number of hydrogen-bond acceptors (Lipinski definition) is 4. The molecule has 6 heteroatoms. The van der Waals surface area contributed by atoms with Crippen molar-refractivity contribution in [3.63, 3.8) is 0 Å². The van der Waals surface area contributed by atoms with E-state index in [2.05, 4.69) is 35.4 Å². The molecule has 0 atom stereocenters. The maximum absolute atomic E-state index is 11.1. The maximum atomic E-state index is 11.1. The van der Waals surface area contributed by atoms with Gasteiger partial charge >= 0.3 is 5.97 Å². The fourth-order valence-electron chi connectivity index (χ4n) is 3.79. The number of carbonyl (C=O) groups is 1. The monoisotopic (exact) mass is 429 g/mol. The van der Waals surface area contributed by atoms with Gasteiger partial charge in [0.15, 0.2) is 0 Å². The van der Waals surface area contributed by atoms with E-state index in [1.165, 1.54) is 16.3 Å². The highest BCUT2D eigenvalue weighted by molar-refractivity contribution is 5.83. The smallest absolute Gasteiger partial charge is 0.317 e. The van der Waals surface area contributed by atoms with E-state index in [0.29, 0.717) is 19.7 Å². The molecule has 1 heterocycles. The number of aliphatic carboxylic acids is 1. The second-order valence-corrected chi connectivity index (χ2v) is 7.99. The molecule has 3 aromatic carbocycles. The Labute approximate surface area is 187 Å². The van der Waals surface area contributed by atoms with Gasteiger partial charge in [-0.3, -0.25) is 14.4 Å². The van der Waals surface area contributed by atoms with Crippen LogP contribution in [-0.2, 0) is 24.3 Å². The van der Waals surface area contributed by atoms with Gasteiger partial charge < -0.3 is 9.84 Å². The lowest BCUT2D eigenvalue weighted by Crippen LogP contribution is -2.25. The molecular formula is C26H27N3O3. The van der Waals surface area contributed by atoms with E-state index in [0.717, 1.165) is 23.3 Å². The molecule has 4 rings (SSSR count). The standard InChI is InChI=1S/C26H27N3O3/c1-28(19-26(30)31)18-24-10-8-21(17-29-13-4-12-27-29)16-25(24)32-14-11-20-7-9-22-5-2-3-6-23(22)15-20/h2-10,12-13,15-16H,11,14,17-19H2,1H3,(H,30,31). The van der Waals surface area contributed by atoms with Crippen LogP contribution >= 0.6 is 0 Å². The minimum Gasteiger partial charge on any atom is -0.493 e. The van der Waals surface area contributed by atoms with E-state index in [-0.39, 0.29) is 6.54 Å². The van der Waals surface area contributed by atoms with E-state index in [1.807, 2.05) is 47.3 Å². The van der Waals surface area contributed by atoms with Crippen molar-refractivity contribution in [3.05, 3.63) is 95.8 Å². The molecule has 32 heavy (non-hydrogen) atoms. The van der Waals surface area contributed by atoms with E-state index in [9.17, 15) is 4.79 Å². The molecule has 0 radical (unpaired) electrons. The molecule has 0 saturated carbocycles. The van der Waals surface area contributed by atoms with E-state index >= 15 is 0 Å². The maximum Gasteiger partial charge on any atom is 0.317 e. The Bertz CT molecular complexity index is 1190. The summed E-state index contributed by atoms with van der Waals surface area (Å²) in [5, 5.41) is 15.8. The number of ether oxygens (including phenoxy) is 1. The first kappa shape index (κ1) is 21.6. The van der Waals surface area contributed by atoms with Gasteiger partial charge in [0, 0.05) is 30.9 Å². The van der Waals surface area contributed by atoms with Crippen molar-refractivity contribution in [2.45, 2.75) is 19.5 Å². The third kappa shape index (κ3) is 5.74. The van der Waals surface area contributed by atoms with Crippen LogP contribution in [0, 0.1) is 0 Å². The average molecular weight is 430 g/mol. The first-order valence-electron chi connectivity index (χ1n) is 10.7. The molecule has 0 aliphatic rings. The second kappa shape index (κ2) is 10.1. The Morgan fingerprint density at radius 1 is 1.03 bits per heavy atom. The number of fused-ring (bicyclic) bond motifs is 1. The summed E-state index contributed by atoms with van der Waals surface area (Å²) in [5.41, 5.74) is 3.27. The van der Waals surface area contributed by atoms with Crippen LogP contribution in [0.2, 0.25) is 0 Å². The lowest BCUT2D eigenvalue weighted by atomic mass is 10.1. The SMILES string of the molecule is CN(CC(=O)O)Cc1ccc(Cn2cccn2)cc1OCCc1ccc2ccccc2c1. The zero-order chi connectivity index (χ0) is 22.3. The summed E-state index contributed by atoms with van der Waals surface area (Å²) in [6.45, 7) is 1.67. The van der Waals surface area contributed by atoms with Crippen LogP contribution in [0.25, 0.3) is 10.8 Å². The minimum absolute atomic E-state index is 0.0223. The molecule has 0 bridgehead atoms. The topological polar surface area (TPSA) is 67.6 Å². The summed E-state index contributed by atoms with van der Waals surface area (Å²) in [4.78, 5) is 12.8. The van der Waals surface area contributed by atoms with Crippen molar-refractivity contribution in [1.82, 2.24) is 14.7 Å². The number of carboxylic acids is 1. The molecule has 0 amide bonds. The van der Waals surface area contributed by atoms with Gasteiger partial charge in [-0.1, -0.05) is 54.6 Å². The average Bonchev–Trinajstić information content (AvgIpc) is 3.28. The van der Waals surface area contributed by atoms with Gasteiger partial charge in [0.25, 0.3) is 0 Å². The Balaban J connectivity index is 1.48. The van der Waals surface area contributed by atoms with Gasteiger partial charge in [-0.25, -0.2) is 0 Å². The molecule has 164 valence electrons. The highest BCUT2D eigenvalue weighted by Gasteiger charge is 2.11. The summed E-state index contributed by atoms with van der Waals surface area (Å²) in [5.74, 6) is -0.0609. The normalized spacial score (nSPS) is 11.2. The third-order valence-corrected chi connectivity index (χ3v) is 5.34. The number of carboxylic acid groups (broad SMARTS) is 1. The predicted molar refractivity (Wildman–Crippen MR) is 125 cm³/mol. The van der Waals surface area contributed by atoms with Crippen LogP contribution in [0.1, 0.15) is 16.7 Å². The summed E-state index contributed by atoms with van der Waals surface area (Å²) in [6.07, 6.45) is 4.48. The van der Waals surface area contributed by atoms with Crippen molar-refractivity contribution < 1.29 is 14.6 Å². The highest BCUT2D eigenvalue weighted by atomic mass is 16.5. The largest absolute Gasteiger partial charge is 0.493 e. The molecule has 0 fully saturated rings. The van der Waals surface area contributed by atoms with Crippen LogP contribution in [0.5, 0.6) is 5.75 Å². The second-order valence-electron chi connectivity index (χ2n) is 7.99. The van der Waals surface area contributed by atoms with Crippen molar-refractivity contribution in [3.8, 4) is 5.75 Å². The van der Waals surface area contributed by atoms with Gasteiger partial charge in [-0.15, -0.1) is 0 Å². The number of hydrogen-bond donors (Lipinski definition) is 1. The fourth-order valence-corrected chi connectivity index (χ4v) is 3.79. The predicted octanol–water partition coefficient (Wildman–Crippen LogP) is 4.22. The Morgan fingerprint density at radius 3 is 2.62 bits per heavy atom. The van der Waals surface area contributed by atoms with Gasteiger partial charge in [0.1, 0.15) is 5.75 Å². The number of aromatic nitrogens is 2. The Hall–Kier alpha value is -3.64. The van der Waals surface area contributed by atoms with Gasteiger partial charge in [-0.2, -0.15) is 5.10 Å². The first-order chi connectivity index (χ1) is 15.6. The summed E-state index contributed by atoms with van der Waals surface area (Å²) >= 11 is 0. The summed E-state index contributed by atoms with van der Waals surface area (Å²) in [6, 6.07) is 22.8. The van der Waals surface area contributed by atoms with E-state index < -0.39 is 5.97 Å². The fraction of sp³-hybridized carbons (Fsp3) is 0.231. The van der Waals surface area contributed by atoms with Gasteiger partial charge in [0.05, 0.1) is 19.7 Å². The van der Waals surface area contributed by atoms with Crippen molar-refractivity contribution >= 4 is 16.7 Å². The number of likely N-dealkylation sites (N-methyl/N-ethyl adjacent to an activating group) is 1. The number of nitrogens with zero attached hydrogens (tertiary/aromatic N) is 3. The minimum atomic E-state index is -0.846. The third-order valence-electron chi connectivity index (χ3n) is 5.34. The number of benzene rings is 3. The molecule has 0 saturated heterocycles. The quantitative estimate of drug-likeness (QED) is 0.409.